The molecule has 1 aromatic heterocycles. The maximum Gasteiger partial charge on any atom is 0.255 e. The molecule has 0 aliphatic carbocycles. The normalized spacial score (nSPS) is 16.4. The summed E-state index contributed by atoms with van der Waals surface area (Å²) in [5.74, 6) is 0.803. The lowest BCUT2D eigenvalue weighted by Gasteiger charge is -2.30. The zero-order valence-corrected chi connectivity index (χ0v) is 13.2. The van der Waals surface area contributed by atoms with Crippen LogP contribution in [0.5, 0.6) is 0 Å². The summed E-state index contributed by atoms with van der Waals surface area (Å²) < 4.78 is 0. The lowest BCUT2D eigenvalue weighted by atomic mass is 9.98. The second kappa shape index (κ2) is 5.64. The Hall–Kier alpha value is -1.61. The van der Waals surface area contributed by atoms with Gasteiger partial charge in [-0.05, 0) is 49.9 Å². The van der Waals surface area contributed by atoms with Crippen molar-refractivity contribution in [3.05, 3.63) is 40.5 Å². The molecule has 1 amide bonds. The predicted octanol–water partition coefficient (Wildman–Crippen LogP) is 4.07. The van der Waals surface area contributed by atoms with Crippen molar-refractivity contribution in [1.29, 1.82) is 0 Å². The lowest BCUT2D eigenvalue weighted by molar-refractivity contribution is 0.0696. The van der Waals surface area contributed by atoms with Crippen molar-refractivity contribution < 1.29 is 4.79 Å². The van der Waals surface area contributed by atoms with Gasteiger partial charge < -0.3 is 4.90 Å². The van der Waals surface area contributed by atoms with E-state index >= 15 is 0 Å². The SMILES string of the molecule is Cc1nc2ccc(Cl)cc2cc1C(=O)N1CCC(C)CC1. The Labute approximate surface area is 129 Å². The van der Waals surface area contributed by atoms with Crippen molar-refractivity contribution in [3.8, 4) is 0 Å². The number of nitrogens with zero attached hydrogens (tertiary/aromatic N) is 2. The summed E-state index contributed by atoms with van der Waals surface area (Å²) in [6, 6.07) is 7.49. The van der Waals surface area contributed by atoms with E-state index in [1.54, 1.807) is 0 Å². The van der Waals surface area contributed by atoms with Crippen LogP contribution in [0.1, 0.15) is 35.8 Å². The van der Waals surface area contributed by atoms with Crippen LogP contribution in [0.3, 0.4) is 0 Å². The van der Waals surface area contributed by atoms with Gasteiger partial charge in [0.2, 0.25) is 0 Å². The first-order valence-corrected chi connectivity index (χ1v) is 7.78. The molecule has 1 aliphatic heterocycles. The number of piperidine rings is 1. The standard InChI is InChI=1S/C17H19ClN2O/c1-11-5-7-20(8-6-11)17(21)15-10-13-9-14(18)3-4-16(13)19-12(15)2/h3-4,9-11H,5-8H2,1-2H3. The minimum absolute atomic E-state index is 0.0915. The van der Waals surface area contributed by atoms with Gasteiger partial charge in [-0.3, -0.25) is 9.78 Å². The summed E-state index contributed by atoms with van der Waals surface area (Å²) in [4.78, 5) is 19.2. The average molecular weight is 303 g/mol. The molecule has 2 heterocycles. The molecule has 3 rings (SSSR count). The molecule has 1 saturated heterocycles. The summed E-state index contributed by atoms with van der Waals surface area (Å²) in [5, 5.41) is 1.58. The number of pyridine rings is 1. The number of amides is 1. The number of halogens is 1. The van der Waals surface area contributed by atoms with Crippen molar-refractivity contribution in [2.45, 2.75) is 26.7 Å². The molecule has 0 saturated carbocycles. The van der Waals surface area contributed by atoms with Crippen LogP contribution in [0.4, 0.5) is 0 Å². The molecule has 21 heavy (non-hydrogen) atoms. The molecule has 2 aromatic rings. The Balaban J connectivity index is 1.95. The number of rotatable bonds is 1. The molecule has 0 bridgehead atoms. The molecule has 1 fully saturated rings. The molecule has 0 atom stereocenters. The number of aryl methyl sites for hydroxylation is 1. The van der Waals surface area contributed by atoms with E-state index < -0.39 is 0 Å². The fourth-order valence-electron chi connectivity index (χ4n) is 2.84. The lowest BCUT2D eigenvalue weighted by Crippen LogP contribution is -2.38. The number of carbonyl (C=O) groups is 1. The Bertz CT molecular complexity index is 690. The van der Waals surface area contributed by atoms with E-state index in [0.29, 0.717) is 16.5 Å². The van der Waals surface area contributed by atoms with Gasteiger partial charge in [-0.25, -0.2) is 0 Å². The molecule has 1 aliphatic rings. The Morgan fingerprint density at radius 1 is 1.29 bits per heavy atom. The number of likely N-dealkylation sites (tertiary alicyclic amines) is 1. The smallest absolute Gasteiger partial charge is 0.255 e. The zero-order chi connectivity index (χ0) is 15.0. The third-order valence-electron chi connectivity index (χ3n) is 4.27. The van der Waals surface area contributed by atoms with Crippen LogP contribution in [0.25, 0.3) is 10.9 Å². The quantitative estimate of drug-likeness (QED) is 0.795. The van der Waals surface area contributed by atoms with Crippen molar-refractivity contribution >= 4 is 28.4 Å². The van der Waals surface area contributed by atoms with Gasteiger partial charge in [-0.2, -0.15) is 0 Å². The minimum atomic E-state index is 0.0915. The summed E-state index contributed by atoms with van der Waals surface area (Å²) in [5.41, 5.74) is 2.36. The van der Waals surface area contributed by atoms with Crippen molar-refractivity contribution in [3.63, 3.8) is 0 Å². The average Bonchev–Trinajstić information content (AvgIpc) is 2.47. The van der Waals surface area contributed by atoms with Crippen LogP contribution in [0, 0.1) is 12.8 Å². The monoisotopic (exact) mass is 302 g/mol. The van der Waals surface area contributed by atoms with E-state index in [2.05, 4.69) is 11.9 Å². The first-order chi connectivity index (χ1) is 10.0. The van der Waals surface area contributed by atoms with Crippen LogP contribution < -0.4 is 0 Å². The summed E-state index contributed by atoms with van der Waals surface area (Å²) in [7, 11) is 0. The summed E-state index contributed by atoms with van der Waals surface area (Å²) in [6.07, 6.45) is 2.16. The predicted molar refractivity (Wildman–Crippen MR) is 85.8 cm³/mol. The highest BCUT2D eigenvalue weighted by Gasteiger charge is 2.23. The van der Waals surface area contributed by atoms with Gasteiger partial charge in [-0.15, -0.1) is 0 Å². The van der Waals surface area contributed by atoms with Crippen LogP contribution >= 0.6 is 11.6 Å². The van der Waals surface area contributed by atoms with Gasteiger partial charge in [0.25, 0.3) is 5.91 Å². The Morgan fingerprint density at radius 2 is 2.00 bits per heavy atom. The summed E-state index contributed by atoms with van der Waals surface area (Å²) in [6.45, 7) is 5.82. The fourth-order valence-corrected chi connectivity index (χ4v) is 3.02. The number of hydrogen-bond donors (Lipinski definition) is 0. The highest BCUT2D eigenvalue weighted by Crippen LogP contribution is 2.23. The summed E-state index contributed by atoms with van der Waals surface area (Å²) >= 11 is 6.03. The Kier molecular flexibility index (Phi) is 3.85. The maximum atomic E-state index is 12.7. The van der Waals surface area contributed by atoms with Crippen molar-refractivity contribution in [2.24, 2.45) is 5.92 Å². The van der Waals surface area contributed by atoms with Gasteiger partial charge in [0.15, 0.2) is 0 Å². The van der Waals surface area contributed by atoms with Crippen molar-refractivity contribution in [2.75, 3.05) is 13.1 Å². The maximum absolute atomic E-state index is 12.7. The van der Waals surface area contributed by atoms with Gasteiger partial charge in [-0.1, -0.05) is 18.5 Å². The van der Waals surface area contributed by atoms with Gasteiger partial charge in [0, 0.05) is 23.5 Å². The van der Waals surface area contributed by atoms with Crippen LogP contribution in [-0.2, 0) is 0 Å². The van der Waals surface area contributed by atoms with Crippen LogP contribution in [0.15, 0.2) is 24.3 Å². The van der Waals surface area contributed by atoms with E-state index in [1.165, 1.54) is 0 Å². The van der Waals surface area contributed by atoms with Crippen molar-refractivity contribution in [1.82, 2.24) is 9.88 Å². The number of benzene rings is 1. The topological polar surface area (TPSA) is 33.2 Å². The number of aromatic nitrogens is 1. The van der Waals surface area contributed by atoms with E-state index in [0.717, 1.165) is 42.5 Å². The second-order valence-corrected chi connectivity index (χ2v) is 6.37. The third kappa shape index (κ3) is 2.88. The van der Waals surface area contributed by atoms with Gasteiger partial charge in [0.1, 0.15) is 0 Å². The van der Waals surface area contributed by atoms with E-state index in [-0.39, 0.29) is 5.91 Å². The third-order valence-corrected chi connectivity index (χ3v) is 4.50. The largest absolute Gasteiger partial charge is 0.339 e. The highest BCUT2D eigenvalue weighted by molar-refractivity contribution is 6.31. The van der Waals surface area contributed by atoms with Crippen LogP contribution in [0.2, 0.25) is 5.02 Å². The molecule has 1 aromatic carbocycles. The molecule has 4 heteroatoms. The van der Waals surface area contributed by atoms with Gasteiger partial charge >= 0.3 is 0 Å². The molecule has 0 radical (unpaired) electrons. The minimum Gasteiger partial charge on any atom is -0.339 e. The highest BCUT2D eigenvalue weighted by atomic mass is 35.5. The Morgan fingerprint density at radius 3 is 2.71 bits per heavy atom. The fraction of sp³-hybridized carbons (Fsp3) is 0.412. The van der Waals surface area contributed by atoms with Gasteiger partial charge in [0.05, 0.1) is 16.8 Å². The second-order valence-electron chi connectivity index (χ2n) is 5.93. The molecular weight excluding hydrogens is 284 g/mol. The van der Waals surface area contributed by atoms with E-state index in [1.807, 2.05) is 36.1 Å². The molecule has 3 nitrogen and oxygen atoms in total. The number of carbonyl (C=O) groups excluding carboxylic acids is 1. The molecular formula is C17H19ClN2O. The van der Waals surface area contributed by atoms with E-state index in [9.17, 15) is 4.79 Å². The molecule has 0 unspecified atom stereocenters. The van der Waals surface area contributed by atoms with E-state index in [4.69, 9.17) is 11.6 Å². The first kappa shape index (κ1) is 14.3. The zero-order valence-electron chi connectivity index (χ0n) is 12.4. The molecule has 110 valence electrons. The molecule has 0 spiro atoms. The van der Waals surface area contributed by atoms with Crippen LogP contribution in [-0.4, -0.2) is 28.9 Å². The number of hydrogen-bond acceptors (Lipinski definition) is 2. The number of fused-ring (bicyclic) bond motifs is 1. The molecule has 0 N–H and O–H groups in total. The first-order valence-electron chi connectivity index (χ1n) is 7.41.